The van der Waals surface area contributed by atoms with Gasteiger partial charge >= 0.3 is 0 Å². The Morgan fingerprint density at radius 3 is 2.15 bits per heavy atom. The molecule has 0 aromatic heterocycles. The molecule has 0 radical (unpaired) electrons. The molecule has 0 atom stereocenters. The Morgan fingerprint density at radius 1 is 0.800 bits per heavy atom. The van der Waals surface area contributed by atoms with Gasteiger partial charge in [-0.3, -0.25) is 0 Å². The summed E-state index contributed by atoms with van der Waals surface area (Å²) in [7, 11) is 3.40. The number of hydrogen-bond acceptors (Lipinski definition) is 2. The van der Waals surface area contributed by atoms with Crippen molar-refractivity contribution < 1.29 is 9.47 Å². The van der Waals surface area contributed by atoms with Crippen LogP contribution in [-0.2, 0) is 12.8 Å². The van der Waals surface area contributed by atoms with Crippen molar-refractivity contribution in [3.05, 3.63) is 64.7 Å². The van der Waals surface area contributed by atoms with Crippen LogP contribution in [0.4, 0.5) is 0 Å². The normalized spacial score (nSPS) is 15.2. The molecule has 0 heterocycles. The van der Waals surface area contributed by atoms with Gasteiger partial charge in [0.25, 0.3) is 0 Å². The van der Waals surface area contributed by atoms with Gasteiger partial charge in [0.2, 0.25) is 0 Å². The predicted molar refractivity (Wildman–Crippen MR) is 81.4 cm³/mol. The maximum absolute atomic E-state index is 5.29. The molecule has 0 saturated heterocycles. The number of benzene rings is 2. The third kappa shape index (κ3) is 2.55. The van der Waals surface area contributed by atoms with Crippen LogP contribution in [0.15, 0.2) is 48.0 Å². The second-order valence-corrected chi connectivity index (χ2v) is 5.06. The Balaban J connectivity index is 1.81. The van der Waals surface area contributed by atoms with Crippen molar-refractivity contribution in [1.29, 1.82) is 0 Å². The van der Waals surface area contributed by atoms with Crippen LogP contribution in [0.25, 0.3) is 6.08 Å². The van der Waals surface area contributed by atoms with Crippen LogP contribution in [0, 0.1) is 0 Å². The lowest BCUT2D eigenvalue weighted by Crippen LogP contribution is -1.86. The second kappa shape index (κ2) is 5.41. The van der Waals surface area contributed by atoms with E-state index in [0.29, 0.717) is 0 Å². The molecule has 0 aliphatic heterocycles. The van der Waals surface area contributed by atoms with E-state index in [4.69, 9.17) is 9.47 Å². The molecule has 1 aliphatic rings. The standard InChI is InChI=1S/C18H18O2/c1-19-17-6-3-13(4-7-17)9-14-10-15-5-8-18(20-2)12-16(15)11-14/h3-9,12H,10-11H2,1-2H3. The highest BCUT2D eigenvalue weighted by Gasteiger charge is 2.15. The van der Waals surface area contributed by atoms with Gasteiger partial charge in [-0.1, -0.05) is 29.8 Å². The second-order valence-electron chi connectivity index (χ2n) is 5.06. The van der Waals surface area contributed by atoms with Crippen molar-refractivity contribution in [3.63, 3.8) is 0 Å². The quantitative estimate of drug-likeness (QED) is 0.839. The molecule has 0 amide bonds. The minimum Gasteiger partial charge on any atom is -0.497 e. The number of allylic oxidation sites excluding steroid dienone is 1. The van der Waals surface area contributed by atoms with Gasteiger partial charge in [-0.15, -0.1) is 0 Å². The minimum atomic E-state index is 0.895. The van der Waals surface area contributed by atoms with Crippen LogP contribution in [0.5, 0.6) is 11.5 Å². The number of rotatable bonds is 3. The van der Waals surface area contributed by atoms with E-state index in [1.54, 1.807) is 14.2 Å². The first-order chi connectivity index (χ1) is 9.78. The van der Waals surface area contributed by atoms with Gasteiger partial charge < -0.3 is 9.47 Å². The molecule has 0 spiro atoms. The molecule has 2 aromatic carbocycles. The summed E-state index contributed by atoms with van der Waals surface area (Å²) < 4.78 is 10.5. The third-order valence-corrected chi connectivity index (χ3v) is 3.74. The fourth-order valence-corrected chi connectivity index (χ4v) is 2.66. The van der Waals surface area contributed by atoms with Crippen molar-refractivity contribution in [2.24, 2.45) is 0 Å². The van der Waals surface area contributed by atoms with Gasteiger partial charge in [-0.25, -0.2) is 0 Å². The predicted octanol–water partition coefficient (Wildman–Crippen LogP) is 3.89. The first-order valence-electron chi connectivity index (χ1n) is 6.78. The first kappa shape index (κ1) is 12.8. The summed E-state index contributed by atoms with van der Waals surface area (Å²) in [6.45, 7) is 0. The summed E-state index contributed by atoms with van der Waals surface area (Å²) in [5.74, 6) is 1.83. The van der Waals surface area contributed by atoms with Gasteiger partial charge in [0.05, 0.1) is 14.2 Å². The highest BCUT2D eigenvalue weighted by Crippen LogP contribution is 2.30. The van der Waals surface area contributed by atoms with Crippen LogP contribution >= 0.6 is 0 Å². The average Bonchev–Trinajstić information content (AvgIpc) is 2.89. The van der Waals surface area contributed by atoms with Crippen LogP contribution in [-0.4, -0.2) is 14.2 Å². The molecule has 20 heavy (non-hydrogen) atoms. The number of fused-ring (bicyclic) bond motifs is 1. The molecule has 0 unspecified atom stereocenters. The number of ether oxygens (including phenoxy) is 2. The number of hydrogen-bond donors (Lipinski definition) is 0. The summed E-state index contributed by atoms with van der Waals surface area (Å²) in [6, 6.07) is 14.5. The average molecular weight is 266 g/mol. The van der Waals surface area contributed by atoms with Crippen molar-refractivity contribution >= 4 is 6.08 Å². The zero-order chi connectivity index (χ0) is 13.9. The Morgan fingerprint density at radius 2 is 1.45 bits per heavy atom. The van der Waals surface area contributed by atoms with Crippen molar-refractivity contribution in [3.8, 4) is 11.5 Å². The lowest BCUT2D eigenvalue weighted by Gasteiger charge is -2.01. The maximum Gasteiger partial charge on any atom is 0.119 e. The Hall–Kier alpha value is -2.22. The molecule has 2 heteroatoms. The zero-order valence-electron chi connectivity index (χ0n) is 11.8. The lowest BCUT2D eigenvalue weighted by atomic mass is 10.1. The molecule has 3 rings (SSSR count). The summed E-state index contributed by atoms with van der Waals surface area (Å²) in [6.07, 6.45) is 4.32. The van der Waals surface area contributed by atoms with E-state index >= 15 is 0 Å². The van der Waals surface area contributed by atoms with E-state index < -0.39 is 0 Å². The summed E-state index contributed by atoms with van der Waals surface area (Å²) in [5.41, 5.74) is 5.45. The van der Waals surface area contributed by atoms with Gasteiger partial charge in [-0.2, -0.15) is 0 Å². The Kier molecular flexibility index (Phi) is 3.46. The van der Waals surface area contributed by atoms with Crippen LogP contribution in [0.1, 0.15) is 16.7 Å². The summed E-state index contributed by atoms with van der Waals surface area (Å²) in [4.78, 5) is 0. The van der Waals surface area contributed by atoms with Crippen molar-refractivity contribution in [2.75, 3.05) is 14.2 Å². The topological polar surface area (TPSA) is 18.5 Å². The van der Waals surface area contributed by atoms with Gasteiger partial charge in [-0.05, 0) is 53.8 Å². The Bertz CT molecular complexity index is 639. The van der Waals surface area contributed by atoms with Gasteiger partial charge in [0.1, 0.15) is 11.5 Å². The van der Waals surface area contributed by atoms with E-state index in [1.807, 2.05) is 18.2 Å². The first-order valence-corrected chi connectivity index (χ1v) is 6.78. The molecular formula is C18H18O2. The third-order valence-electron chi connectivity index (χ3n) is 3.74. The fourth-order valence-electron chi connectivity index (χ4n) is 2.66. The van der Waals surface area contributed by atoms with E-state index in [2.05, 4.69) is 30.3 Å². The smallest absolute Gasteiger partial charge is 0.119 e. The summed E-state index contributed by atoms with van der Waals surface area (Å²) in [5, 5.41) is 0. The van der Waals surface area contributed by atoms with Crippen molar-refractivity contribution in [2.45, 2.75) is 12.8 Å². The molecular weight excluding hydrogens is 248 g/mol. The molecule has 0 saturated carbocycles. The van der Waals surface area contributed by atoms with E-state index in [-0.39, 0.29) is 0 Å². The van der Waals surface area contributed by atoms with Gasteiger partial charge in [0.15, 0.2) is 0 Å². The monoisotopic (exact) mass is 266 g/mol. The van der Waals surface area contributed by atoms with Crippen LogP contribution < -0.4 is 9.47 Å². The highest BCUT2D eigenvalue weighted by molar-refractivity contribution is 5.59. The summed E-state index contributed by atoms with van der Waals surface area (Å²) >= 11 is 0. The number of methoxy groups -OCH3 is 2. The van der Waals surface area contributed by atoms with Crippen molar-refractivity contribution in [1.82, 2.24) is 0 Å². The highest BCUT2D eigenvalue weighted by atomic mass is 16.5. The van der Waals surface area contributed by atoms with E-state index in [1.165, 1.54) is 22.3 Å². The molecule has 2 nitrogen and oxygen atoms in total. The molecule has 102 valence electrons. The molecule has 0 fully saturated rings. The van der Waals surface area contributed by atoms with E-state index in [9.17, 15) is 0 Å². The van der Waals surface area contributed by atoms with Crippen LogP contribution in [0.2, 0.25) is 0 Å². The maximum atomic E-state index is 5.29. The fraction of sp³-hybridized carbons (Fsp3) is 0.222. The van der Waals surface area contributed by atoms with E-state index in [0.717, 1.165) is 24.3 Å². The van der Waals surface area contributed by atoms with Crippen LogP contribution in [0.3, 0.4) is 0 Å². The molecule has 0 N–H and O–H groups in total. The largest absolute Gasteiger partial charge is 0.497 e. The molecule has 1 aliphatic carbocycles. The molecule has 2 aromatic rings. The molecule has 0 bridgehead atoms. The van der Waals surface area contributed by atoms with Gasteiger partial charge in [0, 0.05) is 0 Å². The minimum absolute atomic E-state index is 0.895. The Labute approximate surface area is 119 Å². The lowest BCUT2D eigenvalue weighted by molar-refractivity contribution is 0.414. The SMILES string of the molecule is COc1ccc(C=C2Cc3ccc(OC)cc3C2)cc1. The zero-order valence-corrected chi connectivity index (χ0v) is 11.8.